The molecule has 8 heteroatoms. The molecule has 4 aromatic rings. The molecular formula is C20H18ClN5O2. The van der Waals surface area contributed by atoms with Gasteiger partial charge in [0.1, 0.15) is 17.4 Å². The van der Waals surface area contributed by atoms with Gasteiger partial charge < -0.3 is 14.6 Å². The van der Waals surface area contributed by atoms with Gasteiger partial charge in [-0.25, -0.2) is 4.98 Å². The Morgan fingerprint density at radius 2 is 1.89 bits per heavy atom. The predicted octanol–water partition coefficient (Wildman–Crippen LogP) is 3.28. The molecular weight excluding hydrogens is 378 g/mol. The van der Waals surface area contributed by atoms with Crippen molar-refractivity contribution in [2.24, 2.45) is 0 Å². The van der Waals surface area contributed by atoms with Gasteiger partial charge in [-0.1, -0.05) is 41.9 Å². The number of para-hydroxylation sites is 3. The van der Waals surface area contributed by atoms with Crippen LogP contribution in [-0.2, 0) is 0 Å². The molecule has 1 N–H and O–H groups in total. The summed E-state index contributed by atoms with van der Waals surface area (Å²) in [6.07, 6.45) is 1.55. The molecule has 0 amide bonds. The van der Waals surface area contributed by atoms with Crippen LogP contribution in [0.5, 0.6) is 5.75 Å². The third kappa shape index (κ3) is 3.57. The molecule has 0 saturated heterocycles. The Bertz CT molecular complexity index is 1120. The Morgan fingerprint density at radius 3 is 2.68 bits per heavy atom. The maximum atomic E-state index is 12.7. The van der Waals surface area contributed by atoms with Crippen molar-refractivity contribution in [3.8, 4) is 11.7 Å². The zero-order valence-electron chi connectivity index (χ0n) is 15.2. The molecule has 0 bridgehead atoms. The van der Waals surface area contributed by atoms with E-state index >= 15 is 0 Å². The van der Waals surface area contributed by atoms with Crippen LogP contribution in [0.25, 0.3) is 17.0 Å². The van der Waals surface area contributed by atoms with E-state index in [-0.39, 0.29) is 5.02 Å². The number of benzene rings is 2. The van der Waals surface area contributed by atoms with Crippen LogP contribution in [0.3, 0.4) is 0 Å². The highest BCUT2D eigenvalue weighted by Gasteiger charge is 2.16. The number of nitrogens with zero attached hydrogens (tertiary/aromatic N) is 4. The Morgan fingerprint density at radius 1 is 1.14 bits per heavy atom. The minimum Gasteiger partial charge on any atom is -0.492 e. The zero-order valence-corrected chi connectivity index (χ0v) is 15.9. The van der Waals surface area contributed by atoms with E-state index in [2.05, 4.69) is 15.1 Å². The number of hydrogen-bond acceptors (Lipinski definition) is 5. The highest BCUT2D eigenvalue weighted by molar-refractivity contribution is 6.33. The number of halogens is 1. The molecule has 2 heterocycles. The Balaban J connectivity index is 1.52. The maximum Gasteiger partial charge on any atom is 0.295 e. The first kappa shape index (κ1) is 18.1. The molecule has 0 unspecified atom stereocenters. The van der Waals surface area contributed by atoms with Crippen molar-refractivity contribution < 1.29 is 4.74 Å². The first-order chi connectivity index (χ1) is 13.6. The van der Waals surface area contributed by atoms with Crippen LogP contribution < -0.4 is 15.2 Å². The molecule has 0 spiro atoms. The summed E-state index contributed by atoms with van der Waals surface area (Å²) in [5.74, 6) is 1.12. The number of likely N-dealkylation sites (N-methyl/N-ethyl adjacent to an activating group) is 1. The minimum absolute atomic E-state index is 0.0812. The van der Waals surface area contributed by atoms with E-state index in [1.54, 1.807) is 6.20 Å². The predicted molar refractivity (Wildman–Crippen MR) is 110 cm³/mol. The molecule has 142 valence electrons. The largest absolute Gasteiger partial charge is 0.492 e. The summed E-state index contributed by atoms with van der Waals surface area (Å²) in [5.41, 5.74) is 1.67. The van der Waals surface area contributed by atoms with Gasteiger partial charge in [0.05, 0.1) is 29.5 Å². The zero-order chi connectivity index (χ0) is 19.5. The first-order valence-corrected chi connectivity index (χ1v) is 9.13. The standard InChI is InChI=1S/C20H18ClN5O2/c1-25(11-12-28-14-7-3-2-4-8-14)17-13-22-26(19(27)18(17)21)20-23-15-9-5-6-10-16(15)24-20/h2-10,13H,11-12H2,1H3,(H,23,24). The number of ether oxygens (including phenoxy) is 1. The molecule has 7 nitrogen and oxygen atoms in total. The molecule has 4 rings (SSSR count). The fraction of sp³-hybridized carbons (Fsp3) is 0.150. The van der Waals surface area contributed by atoms with Crippen molar-refractivity contribution in [1.29, 1.82) is 0 Å². The summed E-state index contributed by atoms with van der Waals surface area (Å²) in [7, 11) is 1.84. The summed E-state index contributed by atoms with van der Waals surface area (Å²) >= 11 is 6.34. The smallest absolute Gasteiger partial charge is 0.295 e. The lowest BCUT2D eigenvalue weighted by Crippen LogP contribution is -2.29. The Labute approximate surface area is 166 Å². The van der Waals surface area contributed by atoms with Crippen LogP contribution in [0.15, 0.2) is 65.6 Å². The maximum absolute atomic E-state index is 12.7. The Hall–Kier alpha value is -3.32. The fourth-order valence-corrected chi connectivity index (χ4v) is 3.09. The third-order valence-corrected chi connectivity index (χ3v) is 4.68. The topological polar surface area (TPSA) is 76.0 Å². The summed E-state index contributed by atoms with van der Waals surface area (Å²) in [5, 5.41) is 4.32. The first-order valence-electron chi connectivity index (χ1n) is 8.75. The van der Waals surface area contributed by atoms with Gasteiger partial charge in [-0.3, -0.25) is 4.79 Å². The van der Waals surface area contributed by atoms with E-state index in [0.29, 0.717) is 24.8 Å². The molecule has 0 atom stereocenters. The van der Waals surface area contributed by atoms with Crippen molar-refractivity contribution in [2.75, 3.05) is 25.1 Å². The normalized spacial score (nSPS) is 10.9. The number of imidazole rings is 1. The van der Waals surface area contributed by atoms with E-state index in [4.69, 9.17) is 16.3 Å². The number of fused-ring (bicyclic) bond motifs is 1. The van der Waals surface area contributed by atoms with Crippen LogP contribution in [0, 0.1) is 0 Å². The monoisotopic (exact) mass is 395 g/mol. The van der Waals surface area contributed by atoms with Crippen molar-refractivity contribution in [2.45, 2.75) is 0 Å². The summed E-state index contributed by atoms with van der Waals surface area (Å²) in [6, 6.07) is 17.1. The second kappa shape index (κ2) is 7.74. The summed E-state index contributed by atoms with van der Waals surface area (Å²) in [6.45, 7) is 0.994. The lowest BCUT2D eigenvalue weighted by atomic mass is 10.3. The van der Waals surface area contributed by atoms with Crippen molar-refractivity contribution in [3.63, 3.8) is 0 Å². The van der Waals surface area contributed by atoms with Crippen LogP contribution in [0.4, 0.5) is 5.69 Å². The van der Waals surface area contributed by atoms with E-state index in [1.165, 1.54) is 4.68 Å². The molecule has 0 fully saturated rings. The number of aromatic amines is 1. The SMILES string of the molecule is CN(CCOc1ccccc1)c1cnn(-c2nc3ccccc3[nH]2)c(=O)c1Cl. The van der Waals surface area contributed by atoms with E-state index in [0.717, 1.165) is 16.8 Å². The minimum atomic E-state index is -0.436. The third-order valence-electron chi connectivity index (χ3n) is 4.33. The lowest BCUT2D eigenvalue weighted by Gasteiger charge is -2.20. The molecule has 0 radical (unpaired) electrons. The van der Waals surface area contributed by atoms with Crippen LogP contribution in [0.2, 0.25) is 5.02 Å². The molecule has 0 aliphatic heterocycles. The summed E-state index contributed by atoms with van der Waals surface area (Å²) < 4.78 is 6.86. The second-order valence-electron chi connectivity index (χ2n) is 6.22. The average Bonchev–Trinajstić information content (AvgIpc) is 3.14. The quantitative estimate of drug-likeness (QED) is 0.542. The van der Waals surface area contributed by atoms with Crippen LogP contribution in [-0.4, -0.2) is 39.9 Å². The van der Waals surface area contributed by atoms with Crippen molar-refractivity contribution in [3.05, 3.63) is 76.2 Å². The molecule has 2 aromatic carbocycles. The number of aromatic nitrogens is 4. The van der Waals surface area contributed by atoms with Gasteiger partial charge >= 0.3 is 0 Å². The van der Waals surface area contributed by atoms with E-state index in [1.807, 2.05) is 66.5 Å². The summed E-state index contributed by atoms with van der Waals surface area (Å²) in [4.78, 5) is 22.0. The van der Waals surface area contributed by atoms with Gasteiger partial charge in [0.25, 0.3) is 5.56 Å². The highest BCUT2D eigenvalue weighted by atomic mass is 35.5. The van der Waals surface area contributed by atoms with Crippen molar-refractivity contribution >= 4 is 28.3 Å². The van der Waals surface area contributed by atoms with Gasteiger partial charge in [0.2, 0.25) is 5.95 Å². The number of rotatable bonds is 6. The van der Waals surface area contributed by atoms with Gasteiger partial charge in [-0.2, -0.15) is 9.78 Å². The molecule has 28 heavy (non-hydrogen) atoms. The van der Waals surface area contributed by atoms with Gasteiger partial charge in [-0.05, 0) is 24.3 Å². The molecule has 0 saturated carbocycles. The van der Waals surface area contributed by atoms with Crippen LogP contribution >= 0.6 is 11.6 Å². The van der Waals surface area contributed by atoms with Crippen molar-refractivity contribution in [1.82, 2.24) is 19.7 Å². The van der Waals surface area contributed by atoms with E-state index in [9.17, 15) is 4.79 Å². The molecule has 0 aliphatic carbocycles. The number of H-pyrrole nitrogens is 1. The fourth-order valence-electron chi connectivity index (χ4n) is 2.82. The highest BCUT2D eigenvalue weighted by Crippen LogP contribution is 2.20. The second-order valence-corrected chi connectivity index (χ2v) is 6.60. The van der Waals surface area contributed by atoms with E-state index < -0.39 is 5.56 Å². The number of anilines is 1. The van der Waals surface area contributed by atoms with Gasteiger partial charge in [0.15, 0.2) is 0 Å². The average molecular weight is 396 g/mol. The lowest BCUT2D eigenvalue weighted by molar-refractivity contribution is 0.326. The number of nitrogens with one attached hydrogen (secondary N) is 1. The van der Waals surface area contributed by atoms with Gasteiger partial charge in [0, 0.05) is 7.05 Å². The molecule has 2 aromatic heterocycles. The number of hydrogen-bond donors (Lipinski definition) is 1. The Kier molecular flexibility index (Phi) is 4.99. The van der Waals surface area contributed by atoms with Gasteiger partial charge in [-0.15, -0.1) is 0 Å². The van der Waals surface area contributed by atoms with Crippen LogP contribution in [0.1, 0.15) is 0 Å². The molecule has 0 aliphatic rings.